The normalized spacial score (nSPS) is 15.1. The first-order valence-corrected chi connectivity index (χ1v) is 10.6. The van der Waals surface area contributed by atoms with Crippen molar-refractivity contribution in [2.45, 2.75) is 23.5 Å². The van der Waals surface area contributed by atoms with Gasteiger partial charge in [-0.25, -0.2) is 4.79 Å². The van der Waals surface area contributed by atoms with Crippen LogP contribution in [0.4, 0.5) is 5.69 Å². The van der Waals surface area contributed by atoms with E-state index in [1.165, 1.54) is 11.8 Å². The van der Waals surface area contributed by atoms with Crippen molar-refractivity contribution in [3.8, 4) is 11.5 Å². The highest BCUT2D eigenvalue weighted by molar-refractivity contribution is 8.01. The number of fused-ring (bicyclic) bond motifs is 1. The Kier molecular flexibility index (Phi) is 6.05. The molecule has 6 heteroatoms. The Morgan fingerprint density at radius 3 is 2.47 bits per heavy atom. The molecule has 0 fully saturated rings. The summed E-state index contributed by atoms with van der Waals surface area (Å²) in [6.07, 6.45) is 0.598. The monoisotopic (exact) mass is 419 g/mol. The predicted octanol–water partition coefficient (Wildman–Crippen LogP) is 5.31. The smallest absolute Gasteiger partial charge is 0.338 e. The number of hydrogen-bond donors (Lipinski definition) is 1. The van der Waals surface area contributed by atoms with Crippen molar-refractivity contribution in [2.24, 2.45) is 0 Å². The van der Waals surface area contributed by atoms with E-state index < -0.39 is 0 Å². The molecular formula is C24H21NO4S. The van der Waals surface area contributed by atoms with E-state index in [1.807, 2.05) is 60.7 Å². The summed E-state index contributed by atoms with van der Waals surface area (Å²) in [7, 11) is 0. The van der Waals surface area contributed by atoms with Crippen molar-refractivity contribution in [1.29, 1.82) is 0 Å². The molecule has 152 valence electrons. The summed E-state index contributed by atoms with van der Waals surface area (Å²) in [6, 6.07) is 22.6. The molecule has 1 aliphatic rings. The number of para-hydroxylation sites is 1. The number of rotatable bonds is 6. The maximum atomic E-state index is 12.6. The minimum atomic E-state index is -0.389. The van der Waals surface area contributed by atoms with E-state index in [0.29, 0.717) is 24.3 Å². The average molecular weight is 420 g/mol. The standard InChI is InChI=1S/C24H21NO4S/c1-2-28-24(27)17-10-13-21-20(15-17)25-23(26)22(30-21)14-16-8-11-19(12-9-16)29-18-6-4-3-5-7-18/h3-13,15,22H,2,14H2,1H3,(H,25,26). The molecule has 4 rings (SSSR count). The third-order valence-electron chi connectivity index (χ3n) is 4.63. The number of ether oxygens (including phenoxy) is 2. The van der Waals surface area contributed by atoms with Gasteiger partial charge in [0, 0.05) is 4.90 Å². The van der Waals surface area contributed by atoms with Gasteiger partial charge >= 0.3 is 5.97 Å². The second-order valence-electron chi connectivity index (χ2n) is 6.79. The highest BCUT2D eigenvalue weighted by Crippen LogP contribution is 2.37. The quantitative estimate of drug-likeness (QED) is 0.549. The van der Waals surface area contributed by atoms with E-state index in [2.05, 4.69) is 5.32 Å². The Bertz CT molecular complexity index is 1050. The van der Waals surface area contributed by atoms with Crippen LogP contribution in [0.25, 0.3) is 0 Å². The maximum Gasteiger partial charge on any atom is 0.338 e. The van der Waals surface area contributed by atoms with Gasteiger partial charge < -0.3 is 14.8 Å². The molecular weight excluding hydrogens is 398 g/mol. The van der Waals surface area contributed by atoms with Crippen LogP contribution in [-0.2, 0) is 16.0 Å². The summed E-state index contributed by atoms with van der Waals surface area (Å²) in [6.45, 7) is 2.08. The molecule has 1 aliphatic heterocycles. The number of esters is 1. The van der Waals surface area contributed by atoms with Gasteiger partial charge in [0.2, 0.25) is 5.91 Å². The van der Waals surface area contributed by atoms with Crippen LogP contribution in [0.1, 0.15) is 22.8 Å². The lowest BCUT2D eigenvalue weighted by atomic mass is 10.1. The van der Waals surface area contributed by atoms with E-state index in [1.54, 1.807) is 19.1 Å². The predicted molar refractivity (Wildman–Crippen MR) is 117 cm³/mol. The van der Waals surface area contributed by atoms with Crippen LogP contribution in [0.5, 0.6) is 11.5 Å². The number of hydrogen-bond acceptors (Lipinski definition) is 5. The molecule has 5 nitrogen and oxygen atoms in total. The minimum Gasteiger partial charge on any atom is -0.462 e. The van der Waals surface area contributed by atoms with Gasteiger partial charge in [-0.05, 0) is 61.4 Å². The number of amides is 1. The number of carbonyl (C=O) groups is 2. The lowest BCUT2D eigenvalue weighted by Gasteiger charge is -2.24. The highest BCUT2D eigenvalue weighted by atomic mass is 32.2. The SMILES string of the molecule is CCOC(=O)c1ccc2c(c1)NC(=O)C(Cc1ccc(Oc3ccccc3)cc1)S2. The van der Waals surface area contributed by atoms with Crippen molar-refractivity contribution in [3.05, 3.63) is 83.9 Å². The van der Waals surface area contributed by atoms with E-state index in [0.717, 1.165) is 22.0 Å². The van der Waals surface area contributed by atoms with Gasteiger partial charge in [0.1, 0.15) is 11.5 Å². The second-order valence-corrected chi connectivity index (χ2v) is 8.03. The molecule has 30 heavy (non-hydrogen) atoms. The van der Waals surface area contributed by atoms with Crippen LogP contribution in [0, 0.1) is 0 Å². The van der Waals surface area contributed by atoms with Crippen LogP contribution in [0.15, 0.2) is 77.7 Å². The lowest BCUT2D eigenvalue weighted by Crippen LogP contribution is -2.30. The fourth-order valence-electron chi connectivity index (χ4n) is 3.16. The molecule has 1 amide bonds. The Morgan fingerprint density at radius 2 is 1.73 bits per heavy atom. The first-order chi connectivity index (χ1) is 14.6. The summed E-state index contributed by atoms with van der Waals surface area (Å²) >= 11 is 1.51. The van der Waals surface area contributed by atoms with Gasteiger partial charge in [-0.15, -0.1) is 11.8 Å². The van der Waals surface area contributed by atoms with Crippen molar-refractivity contribution in [2.75, 3.05) is 11.9 Å². The molecule has 0 saturated heterocycles. The van der Waals surface area contributed by atoms with Crippen molar-refractivity contribution >= 4 is 29.3 Å². The summed E-state index contributed by atoms with van der Waals surface area (Å²) in [5.74, 6) is 1.08. The van der Waals surface area contributed by atoms with Crippen LogP contribution < -0.4 is 10.1 Å². The summed E-state index contributed by atoms with van der Waals surface area (Å²) < 4.78 is 10.8. The molecule has 0 saturated carbocycles. The number of thioether (sulfide) groups is 1. The molecule has 1 unspecified atom stereocenters. The first-order valence-electron chi connectivity index (χ1n) is 9.73. The average Bonchev–Trinajstić information content (AvgIpc) is 2.76. The Balaban J connectivity index is 1.42. The lowest BCUT2D eigenvalue weighted by molar-refractivity contribution is -0.115. The molecule has 0 aromatic heterocycles. The van der Waals surface area contributed by atoms with Gasteiger partial charge in [0.15, 0.2) is 0 Å². The van der Waals surface area contributed by atoms with Crippen molar-refractivity contribution in [1.82, 2.24) is 0 Å². The van der Waals surface area contributed by atoms with Crippen LogP contribution in [-0.4, -0.2) is 23.7 Å². The third-order valence-corrected chi connectivity index (χ3v) is 5.91. The zero-order valence-electron chi connectivity index (χ0n) is 16.5. The molecule has 1 N–H and O–H groups in total. The maximum absolute atomic E-state index is 12.6. The van der Waals surface area contributed by atoms with Gasteiger partial charge in [0.05, 0.1) is 23.1 Å². The van der Waals surface area contributed by atoms with Crippen molar-refractivity contribution in [3.63, 3.8) is 0 Å². The summed E-state index contributed by atoms with van der Waals surface area (Å²) in [5, 5.41) is 2.68. The van der Waals surface area contributed by atoms with Gasteiger partial charge in [-0.1, -0.05) is 30.3 Å². The highest BCUT2D eigenvalue weighted by Gasteiger charge is 2.28. The fourth-order valence-corrected chi connectivity index (χ4v) is 4.29. The Morgan fingerprint density at radius 1 is 1.00 bits per heavy atom. The number of anilines is 1. The zero-order valence-corrected chi connectivity index (χ0v) is 17.3. The molecule has 3 aromatic rings. The van der Waals surface area contributed by atoms with Gasteiger partial charge in [-0.2, -0.15) is 0 Å². The van der Waals surface area contributed by atoms with Gasteiger partial charge in [-0.3, -0.25) is 4.79 Å². The molecule has 0 spiro atoms. The Hall–Kier alpha value is -3.25. The summed E-state index contributed by atoms with van der Waals surface area (Å²) in [5.41, 5.74) is 2.14. The van der Waals surface area contributed by atoms with Crippen LogP contribution >= 0.6 is 11.8 Å². The van der Waals surface area contributed by atoms with E-state index >= 15 is 0 Å². The number of benzene rings is 3. The van der Waals surface area contributed by atoms with Crippen molar-refractivity contribution < 1.29 is 19.1 Å². The second kappa shape index (κ2) is 9.05. The fraction of sp³-hybridized carbons (Fsp3) is 0.167. The molecule has 0 bridgehead atoms. The summed E-state index contributed by atoms with van der Waals surface area (Å²) in [4.78, 5) is 25.5. The van der Waals surface area contributed by atoms with E-state index in [9.17, 15) is 9.59 Å². The number of carbonyl (C=O) groups excluding carboxylic acids is 2. The minimum absolute atomic E-state index is 0.0712. The van der Waals surface area contributed by atoms with Crippen LogP contribution in [0.3, 0.4) is 0 Å². The molecule has 0 radical (unpaired) electrons. The topological polar surface area (TPSA) is 64.6 Å². The molecule has 1 heterocycles. The van der Waals surface area contributed by atoms with E-state index in [-0.39, 0.29) is 17.1 Å². The zero-order chi connectivity index (χ0) is 20.9. The van der Waals surface area contributed by atoms with Gasteiger partial charge in [0.25, 0.3) is 0 Å². The van der Waals surface area contributed by atoms with E-state index in [4.69, 9.17) is 9.47 Å². The molecule has 1 atom stereocenters. The molecule has 3 aromatic carbocycles. The largest absolute Gasteiger partial charge is 0.462 e. The third kappa shape index (κ3) is 4.66. The Labute approximate surface area is 179 Å². The van der Waals surface area contributed by atoms with Crippen LogP contribution in [0.2, 0.25) is 0 Å². The number of nitrogens with one attached hydrogen (secondary N) is 1. The molecule has 0 aliphatic carbocycles. The first kappa shape index (κ1) is 20.0.